The fraction of sp³-hybridized carbons (Fsp3) is 0.500. The maximum atomic E-state index is 11.8. The van der Waals surface area contributed by atoms with Gasteiger partial charge in [-0.2, -0.15) is 0 Å². The lowest BCUT2D eigenvalue weighted by molar-refractivity contribution is 0.576. The van der Waals surface area contributed by atoms with Gasteiger partial charge >= 0.3 is 0 Å². The Morgan fingerprint density at radius 1 is 1.36 bits per heavy atom. The molecule has 0 saturated carbocycles. The molecule has 0 unspecified atom stereocenters. The van der Waals surface area contributed by atoms with E-state index >= 15 is 0 Å². The van der Waals surface area contributed by atoms with Crippen LogP contribution in [0.4, 0.5) is 0 Å². The normalized spacial score (nSPS) is 11.0. The minimum Gasteiger partial charge on any atom is -0.325 e. The van der Waals surface area contributed by atoms with Gasteiger partial charge in [-0.3, -0.25) is 4.79 Å². The van der Waals surface area contributed by atoms with E-state index in [1.54, 1.807) is 10.9 Å². The monoisotopic (exact) mass is 193 g/mol. The van der Waals surface area contributed by atoms with Crippen molar-refractivity contribution in [2.24, 2.45) is 0 Å². The molecule has 0 saturated heterocycles. The van der Waals surface area contributed by atoms with Gasteiger partial charge in [-0.1, -0.05) is 5.21 Å². The molecule has 0 aliphatic heterocycles. The summed E-state index contributed by atoms with van der Waals surface area (Å²) in [5, 5.41) is 7.61. The smallest absolute Gasteiger partial charge is 0.295 e. The minimum atomic E-state index is -0.128. The standard InChI is InChI=1S/C8H11N5O/c1-3-12-5-9-7-6(12)8(14)13(4-2)11-10-7/h5H,3-4H2,1-2H3. The molecule has 0 amide bonds. The summed E-state index contributed by atoms with van der Waals surface area (Å²) in [5.41, 5.74) is 0.822. The second-order valence-corrected chi connectivity index (χ2v) is 2.91. The molecule has 74 valence electrons. The van der Waals surface area contributed by atoms with Gasteiger partial charge in [0.1, 0.15) is 0 Å². The van der Waals surface area contributed by atoms with Gasteiger partial charge in [0, 0.05) is 13.1 Å². The van der Waals surface area contributed by atoms with Gasteiger partial charge in [0.25, 0.3) is 5.56 Å². The van der Waals surface area contributed by atoms with Crippen LogP contribution in [0.2, 0.25) is 0 Å². The predicted molar refractivity (Wildman–Crippen MR) is 50.9 cm³/mol. The zero-order chi connectivity index (χ0) is 10.1. The third kappa shape index (κ3) is 1.11. The number of hydrogen-bond acceptors (Lipinski definition) is 4. The van der Waals surface area contributed by atoms with Crippen LogP contribution >= 0.6 is 0 Å². The summed E-state index contributed by atoms with van der Waals surface area (Å²) in [4.78, 5) is 15.8. The summed E-state index contributed by atoms with van der Waals surface area (Å²) in [5.74, 6) is 0. The van der Waals surface area contributed by atoms with Crippen molar-refractivity contribution < 1.29 is 0 Å². The second kappa shape index (κ2) is 3.21. The summed E-state index contributed by atoms with van der Waals surface area (Å²) < 4.78 is 3.11. The van der Waals surface area contributed by atoms with Crippen LogP contribution in [0.3, 0.4) is 0 Å². The largest absolute Gasteiger partial charge is 0.325 e. The molecule has 14 heavy (non-hydrogen) atoms. The maximum Gasteiger partial charge on any atom is 0.295 e. The van der Waals surface area contributed by atoms with Crippen molar-refractivity contribution in [2.45, 2.75) is 26.9 Å². The SMILES string of the molecule is CCn1nnc2ncn(CC)c2c1=O. The molecule has 0 aliphatic rings. The first-order chi connectivity index (χ1) is 6.77. The molecule has 0 spiro atoms. The Labute approximate surface area is 80.2 Å². The molecule has 0 fully saturated rings. The Bertz CT molecular complexity index is 512. The van der Waals surface area contributed by atoms with Gasteiger partial charge in [0.15, 0.2) is 5.52 Å². The molecule has 0 aromatic carbocycles. The van der Waals surface area contributed by atoms with E-state index in [0.29, 0.717) is 24.3 Å². The number of nitrogens with zero attached hydrogens (tertiary/aromatic N) is 5. The van der Waals surface area contributed by atoms with Crippen molar-refractivity contribution in [3.05, 3.63) is 16.7 Å². The van der Waals surface area contributed by atoms with E-state index in [1.165, 1.54) is 4.68 Å². The van der Waals surface area contributed by atoms with Gasteiger partial charge < -0.3 is 4.57 Å². The van der Waals surface area contributed by atoms with Crippen LogP contribution in [0, 0.1) is 0 Å². The molecule has 0 radical (unpaired) electrons. The molecule has 0 atom stereocenters. The van der Waals surface area contributed by atoms with E-state index in [0.717, 1.165) is 0 Å². The molecule has 0 N–H and O–H groups in total. The molecule has 0 bridgehead atoms. The lowest BCUT2D eigenvalue weighted by Gasteiger charge is -2.00. The highest BCUT2D eigenvalue weighted by atomic mass is 16.1. The van der Waals surface area contributed by atoms with Crippen LogP contribution in [0.15, 0.2) is 11.1 Å². The van der Waals surface area contributed by atoms with Crippen molar-refractivity contribution in [1.82, 2.24) is 24.5 Å². The third-order valence-corrected chi connectivity index (χ3v) is 2.14. The zero-order valence-electron chi connectivity index (χ0n) is 8.14. The van der Waals surface area contributed by atoms with E-state index < -0.39 is 0 Å². The highest BCUT2D eigenvalue weighted by Crippen LogP contribution is 2.02. The van der Waals surface area contributed by atoms with Crippen molar-refractivity contribution in [3.63, 3.8) is 0 Å². The molecular formula is C8H11N5O. The van der Waals surface area contributed by atoms with Gasteiger partial charge in [0.05, 0.1) is 6.33 Å². The lowest BCUT2D eigenvalue weighted by atomic mass is 10.5. The molecule has 6 heteroatoms. The van der Waals surface area contributed by atoms with E-state index in [9.17, 15) is 4.79 Å². The van der Waals surface area contributed by atoms with Crippen LogP contribution in [0.25, 0.3) is 11.2 Å². The molecule has 0 aliphatic carbocycles. The molecular weight excluding hydrogens is 182 g/mol. The lowest BCUT2D eigenvalue weighted by Crippen LogP contribution is -2.24. The molecule has 2 aromatic rings. The minimum absolute atomic E-state index is 0.128. The number of hydrogen-bond donors (Lipinski definition) is 0. The van der Waals surface area contributed by atoms with Gasteiger partial charge in [-0.25, -0.2) is 9.67 Å². The number of fused-ring (bicyclic) bond motifs is 1. The third-order valence-electron chi connectivity index (χ3n) is 2.14. The summed E-state index contributed by atoms with van der Waals surface area (Å²) in [6.07, 6.45) is 1.61. The Morgan fingerprint density at radius 2 is 2.14 bits per heavy atom. The fourth-order valence-electron chi connectivity index (χ4n) is 1.37. The van der Waals surface area contributed by atoms with Crippen molar-refractivity contribution in [3.8, 4) is 0 Å². The fourth-order valence-corrected chi connectivity index (χ4v) is 1.37. The average molecular weight is 193 g/mol. The highest BCUT2D eigenvalue weighted by Gasteiger charge is 2.09. The molecule has 2 aromatic heterocycles. The second-order valence-electron chi connectivity index (χ2n) is 2.91. The van der Waals surface area contributed by atoms with Crippen molar-refractivity contribution in [2.75, 3.05) is 0 Å². The summed E-state index contributed by atoms with van der Waals surface area (Å²) in [7, 11) is 0. The zero-order valence-corrected chi connectivity index (χ0v) is 8.14. The number of imidazole rings is 1. The van der Waals surface area contributed by atoms with Crippen LogP contribution in [0.1, 0.15) is 13.8 Å². The Hall–Kier alpha value is -1.72. The maximum absolute atomic E-state index is 11.8. The van der Waals surface area contributed by atoms with Gasteiger partial charge in [-0.05, 0) is 13.8 Å². The first-order valence-electron chi connectivity index (χ1n) is 4.56. The van der Waals surface area contributed by atoms with Crippen LogP contribution < -0.4 is 5.56 Å². The van der Waals surface area contributed by atoms with E-state index in [1.807, 2.05) is 13.8 Å². The summed E-state index contributed by atoms with van der Waals surface area (Å²) >= 11 is 0. The topological polar surface area (TPSA) is 65.6 Å². The first kappa shape index (κ1) is 8.86. The first-order valence-corrected chi connectivity index (χ1v) is 4.56. The Morgan fingerprint density at radius 3 is 2.79 bits per heavy atom. The van der Waals surface area contributed by atoms with Crippen molar-refractivity contribution in [1.29, 1.82) is 0 Å². The summed E-state index contributed by atoms with van der Waals surface area (Å²) in [6, 6.07) is 0. The molecule has 2 rings (SSSR count). The van der Waals surface area contributed by atoms with Crippen molar-refractivity contribution >= 4 is 11.2 Å². The molecule has 6 nitrogen and oxygen atoms in total. The summed E-state index contributed by atoms with van der Waals surface area (Å²) in [6.45, 7) is 5.05. The van der Waals surface area contributed by atoms with Gasteiger partial charge in [-0.15, -0.1) is 5.10 Å². The quantitative estimate of drug-likeness (QED) is 0.674. The van der Waals surface area contributed by atoms with Crippen LogP contribution in [0.5, 0.6) is 0 Å². The number of aryl methyl sites for hydroxylation is 2. The van der Waals surface area contributed by atoms with Crippen LogP contribution in [-0.4, -0.2) is 24.5 Å². The molecule has 2 heterocycles. The van der Waals surface area contributed by atoms with E-state index in [4.69, 9.17) is 0 Å². The predicted octanol–water partition coefficient (Wildman–Crippen LogP) is 0.0278. The number of aromatic nitrogens is 5. The van der Waals surface area contributed by atoms with E-state index in [2.05, 4.69) is 15.3 Å². The Kier molecular flexibility index (Phi) is 2.03. The van der Waals surface area contributed by atoms with Crippen LogP contribution in [-0.2, 0) is 13.1 Å². The van der Waals surface area contributed by atoms with E-state index in [-0.39, 0.29) is 5.56 Å². The Balaban J connectivity index is 2.84. The van der Waals surface area contributed by atoms with Gasteiger partial charge in [0.2, 0.25) is 5.65 Å². The number of rotatable bonds is 2. The highest BCUT2D eigenvalue weighted by molar-refractivity contribution is 5.68. The average Bonchev–Trinajstić information content (AvgIpc) is 2.62.